The average molecular weight is 514 g/mol. The SMILES string of the molecule is CCNC(=O)[C@@H](C)N(Cc1c(Cl)cccc1Cl)C(=O)CN(c1c(C)cccc1C)S(C)(=O)=O. The van der Waals surface area contributed by atoms with Crippen molar-refractivity contribution < 1.29 is 18.0 Å². The number of rotatable bonds is 9. The van der Waals surface area contributed by atoms with Gasteiger partial charge in [-0.05, 0) is 51.0 Å². The highest BCUT2D eigenvalue weighted by Crippen LogP contribution is 2.29. The number of hydrogen-bond acceptors (Lipinski definition) is 4. The Hall–Kier alpha value is -2.29. The summed E-state index contributed by atoms with van der Waals surface area (Å²) in [4.78, 5) is 27.4. The summed E-state index contributed by atoms with van der Waals surface area (Å²) in [6.45, 7) is 6.77. The van der Waals surface area contributed by atoms with Crippen LogP contribution in [0.25, 0.3) is 0 Å². The molecule has 0 bridgehead atoms. The number of sulfonamides is 1. The molecule has 1 atom stereocenters. The molecule has 0 aliphatic heterocycles. The number of aryl methyl sites for hydroxylation is 2. The van der Waals surface area contributed by atoms with Crippen molar-refractivity contribution >= 4 is 50.7 Å². The normalized spacial score (nSPS) is 12.2. The van der Waals surface area contributed by atoms with Gasteiger partial charge in [0.2, 0.25) is 21.8 Å². The molecule has 0 aliphatic rings. The molecule has 0 radical (unpaired) electrons. The number of likely N-dealkylation sites (N-methyl/N-ethyl adjacent to an activating group) is 1. The maximum absolute atomic E-state index is 13.5. The van der Waals surface area contributed by atoms with E-state index >= 15 is 0 Å². The molecular formula is C23H29Cl2N3O4S. The summed E-state index contributed by atoms with van der Waals surface area (Å²) >= 11 is 12.6. The van der Waals surface area contributed by atoms with E-state index < -0.39 is 28.5 Å². The van der Waals surface area contributed by atoms with Gasteiger partial charge < -0.3 is 10.2 Å². The minimum absolute atomic E-state index is 0.0556. The Balaban J connectivity index is 2.51. The zero-order valence-electron chi connectivity index (χ0n) is 19.4. The van der Waals surface area contributed by atoms with Gasteiger partial charge in [0.1, 0.15) is 12.6 Å². The van der Waals surface area contributed by atoms with Crippen molar-refractivity contribution in [2.24, 2.45) is 0 Å². The van der Waals surface area contributed by atoms with Crippen molar-refractivity contribution in [3.05, 3.63) is 63.1 Å². The monoisotopic (exact) mass is 513 g/mol. The Kier molecular flexibility index (Phi) is 9.17. The van der Waals surface area contributed by atoms with Crippen molar-refractivity contribution in [2.45, 2.75) is 40.3 Å². The second kappa shape index (κ2) is 11.2. The van der Waals surface area contributed by atoms with Crippen molar-refractivity contribution in [1.29, 1.82) is 0 Å². The zero-order chi connectivity index (χ0) is 24.9. The van der Waals surface area contributed by atoms with E-state index in [1.807, 2.05) is 6.07 Å². The lowest BCUT2D eigenvalue weighted by atomic mass is 10.1. The number of para-hydroxylation sites is 1. The second-order valence-corrected chi connectivity index (χ2v) is 10.5. The van der Waals surface area contributed by atoms with Gasteiger partial charge in [0, 0.05) is 28.7 Å². The van der Waals surface area contributed by atoms with Crippen LogP contribution in [-0.2, 0) is 26.2 Å². The number of nitrogens with one attached hydrogen (secondary N) is 1. The maximum atomic E-state index is 13.5. The number of halogens is 2. The molecule has 33 heavy (non-hydrogen) atoms. The van der Waals surface area contributed by atoms with Crippen molar-refractivity contribution in [1.82, 2.24) is 10.2 Å². The highest BCUT2D eigenvalue weighted by Gasteiger charge is 2.31. The minimum atomic E-state index is -3.80. The number of benzene rings is 2. The largest absolute Gasteiger partial charge is 0.355 e. The predicted octanol–water partition coefficient (Wildman–Crippen LogP) is 3.93. The lowest BCUT2D eigenvalue weighted by Gasteiger charge is -2.32. The van der Waals surface area contributed by atoms with Gasteiger partial charge in [-0.25, -0.2) is 8.42 Å². The number of carbonyl (C=O) groups excluding carboxylic acids is 2. The average Bonchev–Trinajstić information content (AvgIpc) is 2.71. The quantitative estimate of drug-likeness (QED) is 0.550. The Morgan fingerprint density at radius 3 is 2.03 bits per heavy atom. The molecule has 7 nitrogen and oxygen atoms in total. The second-order valence-electron chi connectivity index (χ2n) is 7.80. The number of carbonyl (C=O) groups is 2. The molecule has 0 unspecified atom stereocenters. The zero-order valence-corrected chi connectivity index (χ0v) is 21.7. The lowest BCUT2D eigenvalue weighted by Crippen LogP contribution is -2.51. The Labute approximate surface area is 205 Å². The van der Waals surface area contributed by atoms with Crippen molar-refractivity contribution in [3.8, 4) is 0 Å². The van der Waals surface area contributed by atoms with Gasteiger partial charge in [-0.1, -0.05) is 47.5 Å². The fraction of sp³-hybridized carbons (Fsp3) is 0.391. The molecule has 1 N–H and O–H groups in total. The Bertz CT molecular complexity index is 1100. The van der Waals surface area contributed by atoms with Crippen LogP contribution in [0.15, 0.2) is 36.4 Å². The molecule has 0 saturated carbocycles. The first-order chi connectivity index (χ1) is 15.4. The van der Waals surface area contributed by atoms with E-state index in [1.54, 1.807) is 58.0 Å². The van der Waals surface area contributed by atoms with E-state index in [0.29, 0.717) is 39.0 Å². The van der Waals surface area contributed by atoms with Crippen LogP contribution < -0.4 is 9.62 Å². The van der Waals surface area contributed by atoms with E-state index in [2.05, 4.69) is 5.32 Å². The number of amides is 2. The first-order valence-corrected chi connectivity index (χ1v) is 13.0. The van der Waals surface area contributed by atoms with Gasteiger partial charge in [-0.3, -0.25) is 13.9 Å². The van der Waals surface area contributed by atoms with Crippen LogP contribution in [0.4, 0.5) is 5.69 Å². The van der Waals surface area contributed by atoms with Crippen LogP contribution in [0, 0.1) is 13.8 Å². The molecule has 0 aliphatic carbocycles. The first kappa shape index (κ1) is 27.0. The summed E-state index contributed by atoms with van der Waals surface area (Å²) < 4.78 is 26.5. The van der Waals surface area contributed by atoms with E-state index in [4.69, 9.17) is 23.2 Å². The van der Waals surface area contributed by atoms with E-state index in [0.717, 1.165) is 10.6 Å². The topological polar surface area (TPSA) is 86.8 Å². The van der Waals surface area contributed by atoms with Crippen LogP contribution >= 0.6 is 23.2 Å². The smallest absolute Gasteiger partial charge is 0.244 e. The number of anilines is 1. The Morgan fingerprint density at radius 1 is 1.03 bits per heavy atom. The fourth-order valence-corrected chi connectivity index (χ4v) is 5.01. The molecule has 2 amide bonds. The van der Waals surface area contributed by atoms with Crippen LogP contribution in [0.5, 0.6) is 0 Å². The highest BCUT2D eigenvalue weighted by atomic mass is 35.5. The molecular weight excluding hydrogens is 485 g/mol. The van der Waals surface area contributed by atoms with Gasteiger partial charge in [-0.15, -0.1) is 0 Å². The van der Waals surface area contributed by atoms with Crippen LogP contribution in [0.2, 0.25) is 10.0 Å². The standard InChI is InChI=1S/C23H29Cl2N3O4S/c1-6-26-23(30)17(4)27(13-18-19(24)11-8-12-20(18)25)21(29)14-28(33(5,31)32)22-15(2)9-7-10-16(22)3/h7-12,17H,6,13-14H2,1-5H3,(H,26,30)/t17-/m1/s1. The molecule has 0 heterocycles. The molecule has 0 aromatic heterocycles. The Morgan fingerprint density at radius 2 is 1.55 bits per heavy atom. The molecule has 2 aromatic rings. The molecule has 0 saturated heterocycles. The summed E-state index contributed by atoms with van der Waals surface area (Å²) in [6.07, 6.45) is 1.05. The van der Waals surface area contributed by atoms with E-state index in [9.17, 15) is 18.0 Å². The summed E-state index contributed by atoms with van der Waals surface area (Å²) in [5, 5.41) is 3.39. The number of hydrogen-bond donors (Lipinski definition) is 1. The van der Waals surface area contributed by atoms with E-state index in [-0.39, 0.29) is 12.5 Å². The summed E-state index contributed by atoms with van der Waals surface area (Å²) in [6, 6.07) is 9.46. The molecule has 0 fully saturated rings. The first-order valence-electron chi connectivity index (χ1n) is 10.4. The lowest BCUT2D eigenvalue weighted by molar-refractivity contribution is -0.139. The van der Waals surface area contributed by atoms with Crippen LogP contribution in [0.3, 0.4) is 0 Å². The third kappa shape index (κ3) is 6.62. The van der Waals surface area contributed by atoms with Gasteiger partial charge >= 0.3 is 0 Å². The third-order valence-electron chi connectivity index (χ3n) is 5.28. The van der Waals surface area contributed by atoms with Crippen LogP contribution in [-0.4, -0.2) is 50.5 Å². The third-order valence-corrected chi connectivity index (χ3v) is 7.10. The summed E-state index contributed by atoms with van der Waals surface area (Å²) in [5.41, 5.74) is 2.34. The van der Waals surface area contributed by atoms with Crippen molar-refractivity contribution in [2.75, 3.05) is 23.7 Å². The predicted molar refractivity (Wildman–Crippen MR) is 133 cm³/mol. The highest BCUT2D eigenvalue weighted by molar-refractivity contribution is 7.92. The fourth-order valence-electron chi connectivity index (χ4n) is 3.53. The van der Waals surface area contributed by atoms with Gasteiger partial charge in [0.05, 0.1) is 11.9 Å². The minimum Gasteiger partial charge on any atom is -0.355 e. The molecule has 10 heteroatoms. The molecule has 0 spiro atoms. The summed E-state index contributed by atoms with van der Waals surface area (Å²) in [7, 11) is -3.80. The molecule has 2 rings (SSSR count). The molecule has 180 valence electrons. The van der Waals surface area contributed by atoms with Crippen LogP contribution in [0.1, 0.15) is 30.5 Å². The maximum Gasteiger partial charge on any atom is 0.244 e. The van der Waals surface area contributed by atoms with Gasteiger partial charge in [0.15, 0.2) is 0 Å². The van der Waals surface area contributed by atoms with Gasteiger partial charge in [0.25, 0.3) is 0 Å². The van der Waals surface area contributed by atoms with Crippen molar-refractivity contribution in [3.63, 3.8) is 0 Å². The van der Waals surface area contributed by atoms with E-state index in [1.165, 1.54) is 4.90 Å². The number of nitrogens with zero attached hydrogens (tertiary/aromatic N) is 2. The van der Waals surface area contributed by atoms with Gasteiger partial charge in [-0.2, -0.15) is 0 Å². The summed E-state index contributed by atoms with van der Waals surface area (Å²) in [5.74, 6) is -0.926. The molecule has 2 aromatic carbocycles.